The Kier molecular flexibility index (Phi) is 12.2. The molecule has 49 heavy (non-hydrogen) atoms. The van der Waals surface area contributed by atoms with Gasteiger partial charge in [0, 0.05) is 35.7 Å². The summed E-state index contributed by atoms with van der Waals surface area (Å²) >= 11 is 0. The summed E-state index contributed by atoms with van der Waals surface area (Å²) < 4.78 is 0. The first kappa shape index (κ1) is 35.4. The number of tetrazole rings is 1. The summed E-state index contributed by atoms with van der Waals surface area (Å²) in [7, 11) is 4.03. The van der Waals surface area contributed by atoms with Gasteiger partial charge in [0.05, 0.1) is 0 Å². The van der Waals surface area contributed by atoms with Gasteiger partial charge in [0.2, 0.25) is 17.6 Å². The number of aryl methyl sites for hydroxylation is 1. The third kappa shape index (κ3) is 9.80. The fraction of sp³-hybridized carbons (Fsp3) is 0.405. The van der Waals surface area contributed by atoms with Crippen LogP contribution in [-0.4, -0.2) is 83.0 Å². The number of aromatic nitrogens is 4. The molecule has 3 aromatic carbocycles. The summed E-state index contributed by atoms with van der Waals surface area (Å²) in [6.45, 7) is 4.18. The van der Waals surface area contributed by atoms with E-state index in [1.165, 1.54) is 0 Å². The van der Waals surface area contributed by atoms with Crippen molar-refractivity contribution in [3.63, 3.8) is 0 Å². The van der Waals surface area contributed by atoms with Crippen LogP contribution in [0.5, 0.6) is 0 Å². The van der Waals surface area contributed by atoms with Gasteiger partial charge >= 0.3 is 0 Å². The molecule has 1 fully saturated rings. The van der Waals surface area contributed by atoms with Crippen LogP contribution in [0.15, 0.2) is 66.7 Å². The molecule has 0 spiro atoms. The number of nitrogens with zero attached hydrogens (tertiary/aromatic N) is 4. The Bertz CT molecular complexity index is 1680. The highest BCUT2D eigenvalue weighted by atomic mass is 16.2. The smallest absolute Gasteiger partial charge is 0.251 e. The Balaban J connectivity index is 1.26. The summed E-state index contributed by atoms with van der Waals surface area (Å²) in [5.41, 5.74) is 11.8. The molecular weight excluding hydrogens is 618 g/mol. The summed E-state index contributed by atoms with van der Waals surface area (Å²) in [5.74, 6) is 0.293. The fourth-order valence-electron chi connectivity index (χ4n) is 6.26. The number of H-pyrrole nitrogens is 1. The van der Waals surface area contributed by atoms with Gasteiger partial charge < -0.3 is 26.6 Å². The molecule has 0 bridgehead atoms. The molecular formula is C37H47N9O3. The van der Waals surface area contributed by atoms with E-state index in [1.54, 1.807) is 24.3 Å². The van der Waals surface area contributed by atoms with Gasteiger partial charge in [-0.2, -0.15) is 5.21 Å². The van der Waals surface area contributed by atoms with Gasteiger partial charge in [0.1, 0.15) is 6.04 Å². The monoisotopic (exact) mass is 665 g/mol. The van der Waals surface area contributed by atoms with Gasteiger partial charge in [-0.15, -0.1) is 10.2 Å². The van der Waals surface area contributed by atoms with Crippen LogP contribution < -0.4 is 21.7 Å². The zero-order valence-corrected chi connectivity index (χ0v) is 28.5. The van der Waals surface area contributed by atoms with Crippen molar-refractivity contribution < 1.29 is 14.4 Å². The molecule has 3 amide bonds. The Hall–Kier alpha value is -4.94. The molecule has 258 valence electrons. The van der Waals surface area contributed by atoms with Crippen molar-refractivity contribution in [2.24, 2.45) is 17.6 Å². The zero-order chi connectivity index (χ0) is 34.8. The molecule has 1 atom stereocenters. The molecule has 4 aromatic rings. The lowest BCUT2D eigenvalue weighted by atomic mass is 9.81. The Morgan fingerprint density at radius 1 is 0.959 bits per heavy atom. The first-order valence-electron chi connectivity index (χ1n) is 17.0. The molecule has 1 heterocycles. The van der Waals surface area contributed by atoms with Gasteiger partial charge in [-0.1, -0.05) is 30.3 Å². The van der Waals surface area contributed by atoms with Gasteiger partial charge in [-0.05, 0) is 136 Å². The second kappa shape index (κ2) is 16.9. The topological polar surface area (TPSA) is 171 Å². The summed E-state index contributed by atoms with van der Waals surface area (Å²) in [6, 6.07) is 20.1. The van der Waals surface area contributed by atoms with Crippen LogP contribution in [0, 0.1) is 18.8 Å². The first-order chi connectivity index (χ1) is 23.7. The van der Waals surface area contributed by atoms with Crippen LogP contribution in [0.1, 0.15) is 53.6 Å². The minimum Gasteiger partial charge on any atom is -0.352 e. The number of rotatable bonds is 14. The number of carbonyl (C=O) groups excluding carboxylic acids is 3. The fourth-order valence-corrected chi connectivity index (χ4v) is 6.26. The number of aromatic amines is 1. The molecule has 1 saturated carbocycles. The van der Waals surface area contributed by atoms with Crippen molar-refractivity contribution >= 4 is 23.4 Å². The highest BCUT2D eigenvalue weighted by molar-refractivity contribution is 5.98. The van der Waals surface area contributed by atoms with Crippen molar-refractivity contribution in [3.8, 4) is 22.5 Å². The number of carbonyl (C=O) groups is 3. The molecule has 12 heteroatoms. The predicted molar refractivity (Wildman–Crippen MR) is 190 cm³/mol. The highest BCUT2D eigenvalue weighted by Gasteiger charge is 2.29. The summed E-state index contributed by atoms with van der Waals surface area (Å²) in [4.78, 5) is 41.8. The van der Waals surface area contributed by atoms with Gasteiger partial charge in [0.15, 0.2) is 0 Å². The van der Waals surface area contributed by atoms with Crippen molar-refractivity contribution in [3.05, 3.63) is 83.4 Å². The Labute approximate surface area is 287 Å². The van der Waals surface area contributed by atoms with E-state index in [1.807, 2.05) is 63.5 Å². The molecule has 1 aliphatic carbocycles. The van der Waals surface area contributed by atoms with E-state index in [-0.39, 0.29) is 23.6 Å². The molecule has 5 rings (SSSR count). The van der Waals surface area contributed by atoms with Crippen molar-refractivity contribution in [1.29, 1.82) is 0 Å². The van der Waals surface area contributed by atoms with E-state index in [4.69, 9.17) is 5.73 Å². The third-order valence-electron chi connectivity index (χ3n) is 9.20. The van der Waals surface area contributed by atoms with E-state index in [9.17, 15) is 14.4 Å². The number of hydrogen-bond acceptors (Lipinski definition) is 8. The number of nitrogens with one attached hydrogen (secondary N) is 4. The standard InChI is InChI=1S/C37H47N9O3/c1-24-21-30(35(47)39-19-4-20-46(2)3)15-18-32(24)27-9-5-25(6-10-27)22-33(41-36(48)29-11-7-26(23-38)8-12-29)37(49)40-31-16-13-28(14-17-31)34-42-44-45-43-34/h5-6,9-10,13-18,21,26,29,33H,4,7-8,11-12,19-20,22-23,38H2,1-3H3,(H,39,47)(H,40,49)(H,41,48)(H,42,43,44,45)/t26?,29?,33-/m0/s1. The summed E-state index contributed by atoms with van der Waals surface area (Å²) in [5, 5.41) is 23.0. The molecule has 0 aliphatic heterocycles. The quantitative estimate of drug-likeness (QED) is 0.126. The van der Waals surface area contributed by atoms with Crippen LogP contribution in [0.2, 0.25) is 0 Å². The predicted octanol–water partition coefficient (Wildman–Crippen LogP) is 3.95. The lowest BCUT2D eigenvalue weighted by Crippen LogP contribution is -2.48. The molecule has 0 saturated heterocycles. The van der Waals surface area contributed by atoms with E-state index in [0.717, 1.165) is 66.5 Å². The molecule has 6 N–H and O–H groups in total. The minimum absolute atomic E-state index is 0.0783. The van der Waals surface area contributed by atoms with E-state index in [0.29, 0.717) is 42.5 Å². The van der Waals surface area contributed by atoms with Crippen LogP contribution in [0.3, 0.4) is 0 Å². The van der Waals surface area contributed by atoms with Crippen LogP contribution in [-0.2, 0) is 16.0 Å². The van der Waals surface area contributed by atoms with Crippen molar-refractivity contribution in [2.75, 3.05) is 39.0 Å². The molecule has 12 nitrogen and oxygen atoms in total. The average molecular weight is 666 g/mol. The normalized spacial score (nSPS) is 16.6. The van der Waals surface area contributed by atoms with Gasteiger partial charge in [-0.25, -0.2) is 0 Å². The molecule has 1 aromatic heterocycles. The van der Waals surface area contributed by atoms with Crippen molar-refractivity contribution in [2.45, 2.75) is 51.5 Å². The van der Waals surface area contributed by atoms with Crippen LogP contribution in [0.25, 0.3) is 22.5 Å². The van der Waals surface area contributed by atoms with Gasteiger partial charge in [0.25, 0.3) is 5.91 Å². The lowest BCUT2D eigenvalue weighted by Gasteiger charge is -2.28. The third-order valence-corrected chi connectivity index (χ3v) is 9.20. The maximum absolute atomic E-state index is 13.7. The number of anilines is 1. The lowest BCUT2D eigenvalue weighted by molar-refractivity contribution is -0.130. The van der Waals surface area contributed by atoms with Crippen LogP contribution >= 0.6 is 0 Å². The highest BCUT2D eigenvalue weighted by Crippen LogP contribution is 2.29. The van der Waals surface area contributed by atoms with E-state index >= 15 is 0 Å². The number of nitrogens with two attached hydrogens (primary N) is 1. The maximum Gasteiger partial charge on any atom is 0.251 e. The Morgan fingerprint density at radius 3 is 2.31 bits per heavy atom. The number of amides is 3. The second-order valence-electron chi connectivity index (χ2n) is 13.2. The molecule has 0 unspecified atom stereocenters. The maximum atomic E-state index is 13.7. The molecule has 0 radical (unpaired) electrons. The van der Waals surface area contributed by atoms with Crippen molar-refractivity contribution in [1.82, 2.24) is 36.2 Å². The Morgan fingerprint density at radius 2 is 1.67 bits per heavy atom. The number of benzene rings is 3. The van der Waals surface area contributed by atoms with E-state index < -0.39 is 6.04 Å². The zero-order valence-electron chi connectivity index (χ0n) is 28.5. The van der Waals surface area contributed by atoms with Crippen LogP contribution in [0.4, 0.5) is 5.69 Å². The minimum atomic E-state index is -0.778. The molecule has 1 aliphatic rings. The SMILES string of the molecule is Cc1cc(C(=O)NCCCN(C)C)ccc1-c1ccc(C[C@H](NC(=O)C2CCC(CN)CC2)C(=O)Nc2ccc(-c3nn[nH]n3)cc2)cc1. The first-order valence-corrected chi connectivity index (χ1v) is 17.0. The average Bonchev–Trinajstić information content (AvgIpc) is 3.66. The van der Waals surface area contributed by atoms with Gasteiger partial charge in [-0.3, -0.25) is 14.4 Å². The second-order valence-corrected chi connectivity index (χ2v) is 13.2. The summed E-state index contributed by atoms with van der Waals surface area (Å²) in [6.07, 6.45) is 4.58. The number of hydrogen-bond donors (Lipinski definition) is 5. The largest absolute Gasteiger partial charge is 0.352 e. The van der Waals surface area contributed by atoms with E-state index in [2.05, 4.69) is 41.5 Å².